The molecule has 1 amide bonds. The number of carbonyl (C=O) groups is 2. The Kier molecular flexibility index (Phi) is 6.51. The van der Waals surface area contributed by atoms with E-state index in [4.69, 9.17) is 18.9 Å². The van der Waals surface area contributed by atoms with Crippen LogP contribution >= 0.6 is 0 Å². The molecule has 0 spiro atoms. The molecule has 3 aromatic carbocycles. The number of carbonyl (C=O) groups excluding carboxylic acids is 2. The molecule has 0 fully saturated rings. The second-order valence-electron chi connectivity index (χ2n) is 8.32. The van der Waals surface area contributed by atoms with Crippen molar-refractivity contribution in [1.82, 2.24) is 4.57 Å². The number of anilines is 1. The van der Waals surface area contributed by atoms with Gasteiger partial charge in [-0.1, -0.05) is 30.3 Å². The molecule has 0 bridgehead atoms. The summed E-state index contributed by atoms with van der Waals surface area (Å²) in [5, 5.41) is 3.07. The van der Waals surface area contributed by atoms with Gasteiger partial charge >= 0.3 is 0 Å². The maximum atomic E-state index is 13.5. The number of ketones is 1. The maximum absolute atomic E-state index is 13.5. The van der Waals surface area contributed by atoms with E-state index in [0.29, 0.717) is 53.0 Å². The molecule has 5 rings (SSSR count). The lowest BCUT2D eigenvalue weighted by Gasteiger charge is -2.20. The molecule has 1 N–H and O–H groups in total. The smallest absolute Gasteiger partial charge is 0.244 e. The minimum absolute atomic E-state index is 0.0536. The van der Waals surface area contributed by atoms with Crippen LogP contribution in [-0.4, -0.2) is 43.7 Å². The predicted octanol–water partition coefficient (Wildman–Crippen LogP) is 3.66. The fourth-order valence-corrected chi connectivity index (χ4v) is 4.22. The quantitative estimate of drug-likeness (QED) is 0.386. The van der Waals surface area contributed by atoms with E-state index in [1.165, 1.54) is 20.4 Å². The zero-order chi connectivity index (χ0) is 25.9. The van der Waals surface area contributed by atoms with E-state index in [-0.39, 0.29) is 17.5 Å². The van der Waals surface area contributed by atoms with Crippen LogP contribution in [0.15, 0.2) is 71.7 Å². The Bertz CT molecular complexity index is 1560. The van der Waals surface area contributed by atoms with E-state index in [0.717, 1.165) is 0 Å². The first-order valence-electron chi connectivity index (χ1n) is 11.6. The van der Waals surface area contributed by atoms with Gasteiger partial charge in [-0.2, -0.15) is 0 Å². The fourth-order valence-electron chi connectivity index (χ4n) is 4.22. The van der Waals surface area contributed by atoms with Gasteiger partial charge in [0.1, 0.15) is 31.3 Å². The molecule has 1 aromatic heterocycles. The summed E-state index contributed by atoms with van der Waals surface area (Å²) in [5.41, 5.74) is 0.723. The van der Waals surface area contributed by atoms with Gasteiger partial charge in [0.05, 0.1) is 36.4 Å². The third kappa shape index (κ3) is 4.71. The summed E-state index contributed by atoms with van der Waals surface area (Å²) in [4.78, 5) is 39.9. The highest BCUT2D eigenvalue weighted by molar-refractivity contribution is 6.10. The number of amides is 1. The van der Waals surface area contributed by atoms with E-state index in [9.17, 15) is 14.4 Å². The molecule has 1 aliphatic heterocycles. The molecule has 2 heterocycles. The summed E-state index contributed by atoms with van der Waals surface area (Å²) in [6.45, 7) is 0.523. The molecule has 0 saturated carbocycles. The van der Waals surface area contributed by atoms with Crippen molar-refractivity contribution in [3.63, 3.8) is 0 Å². The van der Waals surface area contributed by atoms with E-state index < -0.39 is 17.1 Å². The molecule has 37 heavy (non-hydrogen) atoms. The summed E-state index contributed by atoms with van der Waals surface area (Å²) in [6, 6.07) is 16.8. The average molecular weight is 501 g/mol. The van der Waals surface area contributed by atoms with Crippen LogP contribution in [0.4, 0.5) is 5.69 Å². The second kappa shape index (κ2) is 10.1. The van der Waals surface area contributed by atoms with Crippen molar-refractivity contribution in [1.29, 1.82) is 0 Å². The monoisotopic (exact) mass is 500 g/mol. The number of ether oxygens (including phenoxy) is 4. The Labute approximate surface area is 212 Å². The van der Waals surface area contributed by atoms with E-state index >= 15 is 0 Å². The highest BCUT2D eigenvalue weighted by Crippen LogP contribution is 2.34. The first kappa shape index (κ1) is 23.9. The van der Waals surface area contributed by atoms with Gasteiger partial charge in [-0.15, -0.1) is 0 Å². The van der Waals surface area contributed by atoms with Crippen molar-refractivity contribution in [3.05, 3.63) is 88.2 Å². The molecular weight excluding hydrogens is 476 g/mol. The predicted molar refractivity (Wildman–Crippen MR) is 137 cm³/mol. The molecule has 0 saturated heterocycles. The van der Waals surface area contributed by atoms with E-state index in [1.54, 1.807) is 65.2 Å². The number of nitrogens with one attached hydrogen (secondary N) is 1. The van der Waals surface area contributed by atoms with Gasteiger partial charge < -0.3 is 28.8 Å². The molecule has 1 aliphatic rings. The standard InChI is InChI=1S/C28H24N2O7/c1-34-18-8-9-23(35-2)21(12-18)29-26(31)16-30-15-20(27(32)17-6-4-3-5-7-17)28(33)19-13-24-25(14-22(19)30)37-11-10-36-24/h3-9,12-15H,10-11,16H2,1-2H3,(H,29,31). The fraction of sp³-hybridized carbons (Fsp3) is 0.179. The van der Waals surface area contributed by atoms with Crippen LogP contribution < -0.4 is 29.7 Å². The summed E-state index contributed by atoms with van der Waals surface area (Å²) in [6.07, 6.45) is 1.42. The molecule has 9 nitrogen and oxygen atoms in total. The molecule has 9 heteroatoms. The first-order valence-corrected chi connectivity index (χ1v) is 11.6. The first-order chi connectivity index (χ1) is 18.0. The lowest BCUT2D eigenvalue weighted by Crippen LogP contribution is -2.25. The van der Waals surface area contributed by atoms with Crippen molar-refractivity contribution in [2.75, 3.05) is 32.8 Å². The van der Waals surface area contributed by atoms with Crippen LogP contribution in [0.1, 0.15) is 15.9 Å². The van der Waals surface area contributed by atoms with Gasteiger partial charge in [0.15, 0.2) is 17.3 Å². The van der Waals surface area contributed by atoms with Crippen molar-refractivity contribution in [2.45, 2.75) is 6.54 Å². The Morgan fingerprint density at radius 2 is 1.68 bits per heavy atom. The zero-order valence-electron chi connectivity index (χ0n) is 20.3. The van der Waals surface area contributed by atoms with Gasteiger partial charge in [-0.25, -0.2) is 0 Å². The lowest BCUT2D eigenvalue weighted by molar-refractivity contribution is -0.116. The number of rotatable bonds is 7. The van der Waals surface area contributed by atoms with E-state index in [1.807, 2.05) is 0 Å². The molecule has 0 radical (unpaired) electrons. The largest absolute Gasteiger partial charge is 0.497 e. The second-order valence-corrected chi connectivity index (χ2v) is 8.32. The van der Waals surface area contributed by atoms with Gasteiger partial charge in [-0.3, -0.25) is 14.4 Å². The van der Waals surface area contributed by atoms with Crippen LogP contribution in [0.2, 0.25) is 0 Å². The molecule has 0 aliphatic carbocycles. The number of benzene rings is 3. The Balaban J connectivity index is 1.59. The van der Waals surface area contributed by atoms with Crippen molar-refractivity contribution in [2.24, 2.45) is 0 Å². The summed E-state index contributed by atoms with van der Waals surface area (Å²) >= 11 is 0. The molecule has 4 aromatic rings. The molecule has 188 valence electrons. The summed E-state index contributed by atoms with van der Waals surface area (Å²) in [5.74, 6) is 1.04. The van der Waals surface area contributed by atoms with Crippen LogP contribution in [0.3, 0.4) is 0 Å². The number of pyridine rings is 1. The molecule has 0 unspecified atom stereocenters. The molecule has 0 atom stereocenters. The van der Waals surface area contributed by atoms with Crippen molar-refractivity contribution < 1.29 is 28.5 Å². The van der Waals surface area contributed by atoms with Crippen LogP contribution in [0.5, 0.6) is 23.0 Å². The Hall–Kier alpha value is -4.79. The van der Waals surface area contributed by atoms with Gasteiger partial charge in [0, 0.05) is 23.9 Å². The number of fused-ring (bicyclic) bond motifs is 2. The summed E-state index contributed by atoms with van der Waals surface area (Å²) < 4.78 is 23.5. The number of aromatic nitrogens is 1. The Morgan fingerprint density at radius 3 is 2.38 bits per heavy atom. The minimum Gasteiger partial charge on any atom is -0.497 e. The van der Waals surface area contributed by atoms with Crippen molar-refractivity contribution >= 4 is 28.3 Å². The third-order valence-electron chi connectivity index (χ3n) is 6.02. The number of methoxy groups -OCH3 is 2. The number of hydrogen-bond donors (Lipinski definition) is 1. The van der Waals surface area contributed by atoms with Gasteiger partial charge in [0.25, 0.3) is 0 Å². The van der Waals surface area contributed by atoms with Crippen LogP contribution in [0.25, 0.3) is 10.9 Å². The lowest BCUT2D eigenvalue weighted by atomic mass is 10.0. The number of nitrogens with zero attached hydrogens (tertiary/aromatic N) is 1. The average Bonchev–Trinajstić information content (AvgIpc) is 2.93. The third-order valence-corrected chi connectivity index (χ3v) is 6.02. The van der Waals surface area contributed by atoms with Crippen LogP contribution in [-0.2, 0) is 11.3 Å². The highest BCUT2D eigenvalue weighted by atomic mass is 16.6. The summed E-state index contributed by atoms with van der Waals surface area (Å²) in [7, 11) is 3.02. The maximum Gasteiger partial charge on any atom is 0.244 e. The van der Waals surface area contributed by atoms with Gasteiger partial charge in [0.2, 0.25) is 11.3 Å². The normalized spacial score (nSPS) is 12.2. The topological polar surface area (TPSA) is 105 Å². The number of hydrogen-bond acceptors (Lipinski definition) is 7. The van der Waals surface area contributed by atoms with Gasteiger partial charge in [-0.05, 0) is 18.2 Å². The minimum atomic E-state index is -0.452. The SMILES string of the molecule is COc1ccc(OC)c(NC(=O)Cn2cc(C(=O)c3ccccc3)c(=O)c3cc4c(cc32)OCCO4)c1. The Morgan fingerprint density at radius 1 is 0.946 bits per heavy atom. The van der Waals surface area contributed by atoms with Crippen molar-refractivity contribution in [3.8, 4) is 23.0 Å². The van der Waals surface area contributed by atoms with Crippen LogP contribution in [0, 0.1) is 0 Å². The molecular formula is C28H24N2O7. The van der Waals surface area contributed by atoms with E-state index in [2.05, 4.69) is 5.32 Å². The highest BCUT2D eigenvalue weighted by Gasteiger charge is 2.22. The zero-order valence-corrected chi connectivity index (χ0v) is 20.3.